The minimum atomic E-state index is -0.732. The van der Waals surface area contributed by atoms with E-state index in [9.17, 15) is 4.79 Å². The molecule has 0 aliphatic carbocycles. The Kier molecular flexibility index (Phi) is 4.85. The number of rotatable bonds is 4. The summed E-state index contributed by atoms with van der Waals surface area (Å²) < 4.78 is 0.786. The van der Waals surface area contributed by atoms with Gasteiger partial charge in [0.05, 0.1) is 11.8 Å². The zero-order valence-corrected chi connectivity index (χ0v) is 12.2. The van der Waals surface area contributed by atoms with Gasteiger partial charge in [0.25, 0.3) is 0 Å². The van der Waals surface area contributed by atoms with E-state index in [0.29, 0.717) is 12.1 Å². The molecule has 1 heterocycles. The smallest absolute Gasteiger partial charge is 0.242 e. The van der Waals surface area contributed by atoms with Gasteiger partial charge in [-0.3, -0.25) is 9.78 Å². The Morgan fingerprint density at radius 3 is 2.65 bits per heavy atom. The molecule has 2 aromatic rings. The highest BCUT2D eigenvalue weighted by Gasteiger charge is 2.19. The van der Waals surface area contributed by atoms with E-state index >= 15 is 0 Å². The summed E-state index contributed by atoms with van der Waals surface area (Å²) in [7, 11) is 0. The summed E-state index contributed by atoms with van der Waals surface area (Å²) in [6.07, 6.45) is 3.67. The number of aromatic nitrogens is 1. The number of halogens is 1. The second-order valence-corrected chi connectivity index (χ2v) is 5.06. The van der Waals surface area contributed by atoms with E-state index in [1.807, 2.05) is 24.3 Å². The van der Waals surface area contributed by atoms with Crippen LogP contribution < -0.4 is 5.32 Å². The fourth-order valence-corrected chi connectivity index (χ4v) is 2.12. The quantitative estimate of drug-likeness (QED) is 0.936. The van der Waals surface area contributed by atoms with E-state index in [0.717, 1.165) is 10.0 Å². The number of benzene rings is 1. The maximum absolute atomic E-state index is 12.1. The van der Waals surface area contributed by atoms with Gasteiger partial charge in [0.2, 0.25) is 5.91 Å². The summed E-state index contributed by atoms with van der Waals surface area (Å²) >= 11 is 3.36. The molecule has 1 amide bonds. The number of hydrogen-bond acceptors (Lipinski definition) is 3. The predicted octanol–water partition coefficient (Wildman–Crippen LogP) is 3.17. The zero-order valence-electron chi connectivity index (χ0n) is 10.6. The molecule has 100 valence electrons. The van der Waals surface area contributed by atoms with Gasteiger partial charge in [-0.1, -0.05) is 12.1 Å². The van der Waals surface area contributed by atoms with E-state index in [4.69, 9.17) is 5.26 Å². The number of amides is 1. The van der Waals surface area contributed by atoms with Gasteiger partial charge >= 0.3 is 0 Å². The van der Waals surface area contributed by atoms with Gasteiger partial charge in [0.15, 0.2) is 0 Å². The van der Waals surface area contributed by atoms with Crippen LogP contribution in [0, 0.1) is 17.2 Å². The van der Waals surface area contributed by atoms with E-state index in [2.05, 4.69) is 26.2 Å². The van der Waals surface area contributed by atoms with Crippen molar-refractivity contribution < 1.29 is 4.79 Å². The first-order chi connectivity index (χ1) is 9.70. The lowest BCUT2D eigenvalue weighted by molar-refractivity contribution is -0.118. The molecule has 0 bridgehead atoms. The number of carbonyl (C=O) groups is 1. The monoisotopic (exact) mass is 329 g/mol. The lowest BCUT2D eigenvalue weighted by Gasteiger charge is -2.11. The average molecular weight is 330 g/mol. The normalized spacial score (nSPS) is 11.4. The molecule has 0 saturated carbocycles. The molecule has 0 aliphatic heterocycles. The first-order valence-electron chi connectivity index (χ1n) is 6.04. The van der Waals surface area contributed by atoms with Crippen molar-refractivity contribution in [2.45, 2.75) is 6.42 Å². The van der Waals surface area contributed by atoms with E-state index in [1.54, 1.807) is 30.6 Å². The summed E-state index contributed by atoms with van der Waals surface area (Å²) in [4.78, 5) is 16.0. The number of carbonyl (C=O) groups excluding carboxylic acids is 1. The van der Waals surface area contributed by atoms with Gasteiger partial charge in [0, 0.05) is 16.9 Å². The Balaban J connectivity index is 2.07. The predicted molar refractivity (Wildman–Crippen MR) is 79.8 cm³/mol. The lowest BCUT2D eigenvalue weighted by Crippen LogP contribution is -2.23. The number of nitrogens with one attached hydrogen (secondary N) is 1. The SMILES string of the molecule is N#C[C@@H](Cc1ccncc1)C(=O)Nc1ccccc1Br. The Hall–Kier alpha value is -2.19. The minimum absolute atomic E-state index is 0.309. The molecule has 1 atom stereocenters. The van der Waals surface area contributed by atoms with Crippen molar-refractivity contribution in [3.8, 4) is 6.07 Å². The van der Waals surface area contributed by atoms with Crippen LogP contribution in [0.1, 0.15) is 5.56 Å². The second-order valence-electron chi connectivity index (χ2n) is 4.21. The number of anilines is 1. The van der Waals surface area contributed by atoms with Gasteiger partial charge in [-0.15, -0.1) is 0 Å². The maximum Gasteiger partial charge on any atom is 0.242 e. The number of para-hydroxylation sites is 1. The molecule has 4 nitrogen and oxygen atoms in total. The molecule has 20 heavy (non-hydrogen) atoms. The third-order valence-corrected chi connectivity index (χ3v) is 3.48. The van der Waals surface area contributed by atoms with Crippen molar-refractivity contribution >= 4 is 27.5 Å². The standard InChI is InChI=1S/C15H12BrN3O/c16-13-3-1-2-4-14(13)19-15(20)12(10-17)9-11-5-7-18-8-6-11/h1-8,12H,9H2,(H,19,20)/t12-/m1/s1. The third-order valence-electron chi connectivity index (χ3n) is 2.79. The van der Waals surface area contributed by atoms with Crippen LogP contribution in [0.15, 0.2) is 53.3 Å². The Morgan fingerprint density at radius 1 is 1.30 bits per heavy atom. The fraction of sp³-hybridized carbons (Fsp3) is 0.133. The molecule has 2 rings (SSSR count). The molecule has 1 N–H and O–H groups in total. The summed E-state index contributed by atoms with van der Waals surface area (Å²) in [5.74, 6) is -1.04. The molecule has 0 spiro atoms. The van der Waals surface area contributed by atoms with Crippen LogP contribution >= 0.6 is 15.9 Å². The van der Waals surface area contributed by atoms with Crippen molar-refractivity contribution in [1.82, 2.24) is 4.98 Å². The van der Waals surface area contributed by atoms with Crippen molar-refractivity contribution in [3.05, 3.63) is 58.8 Å². The van der Waals surface area contributed by atoms with Gasteiger partial charge in [-0.2, -0.15) is 5.26 Å². The molecular formula is C15H12BrN3O. The van der Waals surface area contributed by atoms with Crippen molar-refractivity contribution in [2.24, 2.45) is 5.92 Å². The van der Waals surface area contributed by atoms with Crippen LogP contribution in [0.4, 0.5) is 5.69 Å². The Labute approximate surface area is 125 Å². The number of pyridine rings is 1. The third kappa shape index (κ3) is 3.65. The van der Waals surface area contributed by atoms with Crippen molar-refractivity contribution in [1.29, 1.82) is 5.26 Å². The van der Waals surface area contributed by atoms with Gasteiger partial charge in [-0.05, 0) is 52.2 Å². The summed E-state index contributed by atoms with van der Waals surface area (Å²) in [6, 6.07) is 12.9. The second kappa shape index (κ2) is 6.83. The minimum Gasteiger partial charge on any atom is -0.324 e. The van der Waals surface area contributed by atoms with Crippen LogP contribution in [-0.4, -0.2) is 10.9 Å². The number of nitrogens with zero attached hydrogens (tertiary/aromatic N) is 2. The maximum atomic E-state index is 12.1. The summed E-state index contributed by atoms with van der Waals surface area (Å²) in [5.41, 5.74) is 1.57. The molecule has 0 fully saturated rings. The van der Waals surface area contributed by atoms with Crippen molar-refractivity contribution in [3.63, 3.8) is 0 Å². The van der Waals surface area contributed by atoms with Crippen molar-refractivity contribution in [2.75, 3.05) is 5.32 Å². The van der Waals surface area contributed by atoms with Crippen LogP contribution in [0.3, 0.4) is 0 Å². The molecule has 0 radical (unpaired) electrons. The topological polar surface area (TPSA) is 65.8 Å². The number of nitriles is 1. The highest BCUT2D eigenvalue weighted by atomic mass is 79.9. The molecule has 0 aliphatic rings. The van der Waals surface area contributed by atoms with E-state index in [1.165, 1.54) is 0 Å². The molecule has 0 saturated heterocycles. The van der Waals surface area contributed by atoms with Gasteiger partial charge < -0.3 is 5.32 Å². The molecule has 1 aromatic heterocycles. The first kappa shape index (κ1) is 14.2. The highest BCUT2D eigenvalue weighted by molar-refractivity contribution is 9.10. The number of hydrogen-bond donors (Lipinski definition) is 1. The molecule has 1 aromatic carbocycles. The molecule has 0 unspecified atom stereocenters. The van der Waals surface area contributed by atoms with Crippen LogP contribution in [0.5, 0.6) is 0 Å². The zero-order chi connectivity index (χ0) is 14.4. The summed E-state index contributed by atoms with van der Waals surface area (Å²) in [5, 5.41) is 11.9. The molecule has 5 heteroatoms. The fourth-order valence-electron chi connectivity index (χ4n) is 1.73. The van der Waals surface area contributed by atoms with E-state index < -0.39 is 5.92 Å². The van der Waals surface area contributed by atoms with E-state index in [-0.39, 0.29) is 5.91 Å². The molecular weight excluding hydrogens is 318 g/mol. The first-order valence-corrected chi connectivity index (χ1v) is 6.84. The summed E-state index contributed by atoms with van der Waals surface area (Å²) in [6.45, 7) is 0. The van der Waals surface area contributed by atoms with Crippen LogP contribution in [-0.2, 0) is 11.2 Å². The van der Waals surface area contributed by atoms with Gasteiger partial charge in [0.1, 0.15) is 5.92 Å². The Bertz CT molecular complexity index is 637. The lowest BCUT2D eigenvalue weighted by atomic mass is 10.0. The Morgan fingerprint density at radius 2 is 2.00 bits per heavy atom. The van der Waals surface area contributed by atoms with Crippen LogP contribution in [0.25, 0.3) is 0 Å². The average Bonchev–Trinajstić information content (AvgIpc) is 2.48. The largest absolute Gasteiger partial charge is 0.324 e. The highest BCUT2D eigenvalue weighted by Crippen LogP contribution is 2.22. The van der Waals surface area contributed by atoms with Gasteiger partial charge in [-0.25, -0.2) is 0 Å². The van der Waals surface area contributed by atoms with Crippen LogP contribution in [0.2, 0.25) is 0 Å².